The van der Waals surface area contributed by atoms with Gasteiger partial charge in [0.25, 0.3) is 5.56 Å². The predicted octanol–water partition coefficient (Wildman–Crippen LogP) is -0.583. The van der Waals surface area contributed by atoms with E-state index in [0.29, 0.717) is 37.2 Å². The molecule has 27 heavy (non-hydrogen) atoms. The highest BCUT2D eigenvalue weighted by Crippen LogP contribution is 2.27. The lowest BCUT2D eigenvalue weighted by atomic mass is 10.3. The minimum Gasteiger partial charge on any atom is -0.330 e. The van der Waals surface area contributed by atoms with Gasteiger partial charge in [-0.05, 0) is 0 Å². The third-order valence-electron chi connectivity index (χ3n) is 4.60. The van der Waals surface area contributed by atoms with E-state index in [4.69, 9.17) is 5.73 Å². The van der Waals surface area contributed by atoms with Gasteiger partial charge in [-0.1, -0.05) is 0 Å². The molecule has 11 heteroatoms. The molecule has 2 aromatic heterocycles. The van der Waals surface area contributed by atoms with Gasteiger partial charge in [0.2, 0.25) is 5.91 Å². The molecule has 1 aliphatic rings. The van der Waals surface area contributed by atoms with Gasteiger partial charge in [0.15, 0.2) is 11.2 Å². The Balaban J connectivity index is 1.79. The summed E-state index contributed by atoms with van der Waals surface area (Å²) in [5.41, 5.74) is 5.45. The van der Waals surface area contributed by atoms with E-state index < -0.39 is 5.69 Å². The van der Waals surface area contributed by atoms with E-state index in [2.05, 4.69) is 4.98 Å². The summed E-state index contributed by atoms with van der Waals surface area (Å²) in [6.45, 7) is 1.79. The zero-order chi connectivity index (χ0) is 19.6. The summed E-state index contributed by atoms with van der Waals surface area (Å²) in [5, 5.41) is -0.0450. The van der Waals surface area contributed by atoms with Crippen molar-refractivity contribution in [1.29, 1.82) is 0 Å². The molecule has 1 aliphatic heterocycles. The Labute approximate surface area is 164 Å². The molecule has 3 rings (SSSR count). The monoisotopic (exact) mass is 412 g/mol. The van der Waals surface area contributed by atoms with E-state index in [-0.39, 0.29) is 16.8 Å². The molecule has 9 nitrogen and oxygen atoms in total. The molecule has 0 radical (unpaired) electrons. The van der Waals surface area contributed by atoms with Crippen molar-refractivity contribution in [3.05, 3.63) is 27.2 Å². The largest absolute Gasteiger partial charge is 0.332 e. The van der Waals surface area contributed by atoms with Crippen molar-refractivity contribution in [2.24, 2.45) is 19.8 Å². The molecular weight excluding hydrogens is 388 g/mol. The zero-order valence-electron chi connectivity index (χ0n) is 15.5. The molecule has 3 heterocycles. The molecule has 148 valence electrons. The first-order chi connectivity index (χ1) is 13.0. The van der Waals surface area contributed by atoms with Gasteiger partial charge in [-0.2, -0.15) is 11.8 Å². The number of hydrogen-bond donors (Lipinski definition) is 1. The molecule has 0 aromatic carbocycles. The Bertz CT molecular complexity index is 950. The SMILES string of the molecule is Cn1c(=O)c2c(ncn2CC2SCCN2C(=O)CCSCCN)n(C)c1=O. The number of aryl methyl sites for hydroxylation is 1. The van der Waals surface area contributed by atoms with E-state index in [1.165, 1.54) is 11.6 Å². The molecule has 2 N–H and O–H groups in total. The summed E-state index contributed by atoms with van der Waals surface area (Å²) in [6.07, 6.45) is 2.06. The van der Waals surface area contributed by atoms with Gasteiger partial charge in [0.05, 0.1) is 18.2 Å². The molecule has 0 saturated carbocycles. The van der Waals surface area contributed by atoms with E-state index >= 15 is 0 Å². The molecule has 0 spiro atoms. The number of imidazole rings is 1. The highest BCUT2D eigenvalue weighted by Gasteiger charge is 2.30. The topological polar surface area (TPSA) is 108 Å². The van der Waals surface area contributed by atoms with Crippen LogP contribution in [0.25, 0.3) is 11.2 Å². The van der Waals surface area contributed by atoms with Crippen LogP contribution in [0.5, 0.6) is 0 Å². The summed E-state index contributed by atoms with van der Waals surface area (Å²) in [7, 11) is 3.06. The van der Waals surface area contributed by atoms with Crippen LogP contribution in [-0.2, 0) is 25.4 Å². The number of nitrogens with two attached hydrogens (primary N) is 1. The van der Waals surface area contributed by atoms with E-state index in [1.54, 1.807) is 41.5 Å². The zero-order valence-corrected chi connectivity index (χ0v) is 17.1. The van der Waals surface area contributed by atoms with Crippen molar-refractivity contribution in [2.45, 2.75) is 18.3 Å². The van der Waals surface area contributed by atoms with Crippen LogP contribution in [0.3, 0.4) is 0 Å². The third-order valence-corrected chi connectivity index (χ3v) is 6.83. The fourth-order valence-electron chi connectivity index (χ4n) is 3.15. The highest BCUT2D eigenvalue weighted by molar-refractivity contribution is 8.00. The summed E-state index contributed by atoms with van der Waals surface area (Å²) in [4.78, 5) is 43.3. The third kappa shape index (κ3) is 3.94. The number of nitrogens with zero attached hydrogens (tertiary/aromatic N) is 5. The first-order valence-corrected chi connectivity index (χ1v) is 11.0. The Morgan fingerprint density at radius 1 is 1.33 bits per heavy atom. The maximum Gasteiger partial charge on any atom is 0.332 e. The molecule has 1 unspecified atom stereocenters. The second-order valence-corrected chi connectivity index (χ2v) is 8.85. The summed E-state index contributed by atoms with van der Waals surface area (Å²) < 4.78 is 4.20. The number of aromatic nitrogens is 4. The van der Waals surface area contributed by atoms with Crippen molar-refractivity contribution in [1.82, 2.24) is 23.6 Å². The van der Waals surface area contributed by atoms with Crippen LogP contribution in [0.2, 0.25) is 0 Å². The van der Waals surface area contributed by atoms with Gasteiger partial charge in [-0.25, -0.2) is 9.78 Å². The Hall–Kier alpha value is -1.72. The van der Waals surface area contributed by atoms with Gasteiger partial charge >= 0.3 is 5.69 Å². The number of amides is 1. The Kier molecular flexibility index (Phi) is 6.33. The summed E-state index contributed by atoms with van der Waals surface area (Å²) in [5.74, 6) is 2.61. The normalized spacial score (nSPS) is 17.1. The Morgan fingerprint density at radius 3 is 2.85 bits per heavy atom. The highest BCUT2D eigenvalue weighted by atomic mass is 32.2. The number of carbonyl (C=O) groups excluding carboxylic acids is 1. The average Bonchev–Trinajstić information content (AvgIpc) is 3.29. The minimum atomic E-state index is -0.403. The molecule has 1 saturated heterocycles. The van der Waals surface area contributed by atoms with E-state index in [1.807, 2.05) is 4.90 Å². The molecule has 0 bridgehead atoms. The van der Waals surface area contributed by atoms with Crippen molar-refractivity contribution in [2.75, 3.05) is 30.3 Å². The van der Waals surface area contributed by atoms with Crippen LogP contribution in [0.4, 0.5) is 0 Å². The standard InChI is InChI=1S/C16H24N6O3S2/c1-19-14-13(15(24)20(2)16(19)25)21(10-18-14)9-12-22(5-8-27-12)11(23)3-6-26-7-4-17/h10,12H,3-9,17H2,1-2H3. The number of fused-ring (bicyclic) bond motifs is 1. The van der Waals surface area contributed by atoms with Crippen LogP contribution in [0.1, 0.15) is 6.42 Å². The average molecular weight is 413 g/mol. The lowest BCUT2D eigenvalue weighted by molar-refractivity contribution is -0.130. The smallest absolute Gasteiger partial charge is 0.330 e. The summed E-state index contributed by atoms with van der Waals surface area (Å²) in [6, 6.07) is 0. The minimum absolute atomic E-state index is 0.0450. The molecular formula is C16H24N6O3S2. The second-order valence-electron chi connectivity index (χ2n) is 6.34. The van der Waals surface area contributed by atoms with Crippen LogP contribution in [-0.4, -0.2) is 65.2 Å². The van der Waals surface area contributed by atoms with Crippen molar-refractivity contribution in [3.8, 4) is 0 Å². The van der Waals surface area contributed by atoms with Gasteiger partial charge in [-0.15, -0.1) is 11.8 Å². The van der Waals surface area contributed by atoms with E-state index in [9.17, 15) is 14.4 Å². The van der Waals surface area contributed by atoms with E-state index in [0.717, 1.165) is 21.8 Å². The Morgan fingerprint density at radius 2 is 2.11 bits per heavy atom. The number of carbonyl (C=O) groups is 1. The lowest BCUT2D eigenvalue weighted by Crippen LogP contribution is -2.39. The predicted molar refractivity (Wildman–Crippen MR) is 109 cm³/mol. The van der Waals surface area contributed by atoms with Gasteiger partial charge in [0.1, 0.15) is 0 Å². The van der Waals surface area contributed by atoms with Gasteiger partial charge in [-0.3, -0.25) is 18.7 Å². The van der Waals surface area contributed by atoms with Crippen LogP contribution in [0, 0.1) is 0 Å². The first kappa shape index (κ1) is 20.0. The first-order valence-electron chi connectivity index (χ1n) is 8.75. The van der Waals surface area contributed by atoms with Gasteiger partial charge < -0.3 is 15.2 Å². The van der Waals surface area contributed by atoms with Gasteiger partial charge in [0, 0.05) is 50.9 Å². The molecule has 1 atom stereocenters. The molecule has 0 aliphatic carbocycles. The molecule has 1 amide bonds. The lowest BCUT2D eigenvalue weighted by Gasteiger charge is -2.24. The fraction of sp³-hybridized carbons (Fsp3) is 0.625. The van der Waals surface area contributed by atoms with Crippen molar-refractivity contribution >= 4 is 40.6 Å². The van der Waals surface area contributed by atoms with Crippen LogP contribution >= 0.6 is 23.5 Å². The molecule has 1 fully saturated rings. The van der Waals surface area contributed by atoms with Crippen LogP contribution < -0.4 is 17.0 Å². The summed E-state index contributed by atoms with van der Waals surface area (Å²) >= 11 is 3.38. The van der Waals surface area contributed by atoms with Crippen molar-refractivity contribution < 1.29 is 4.79 Å². The molecule has 2 aromatic rings. The van der Waals surface area contributed by atoms with Crippen LogP contribution in [0.15, 0.2) is 15.9 Å². The quantitative estimate of drug-likeness (QED) is 0.606. The number of thioether (sulfide) groups is 2. The number of rotatable bonds is 7. The fourth-order valence-corrected chi connectivity index (χ4v) is 5.08. The second kappa shape index (κ2) is 8.53. The maximum absolute atomic E-state index is 12.6. The number of hydrogen-bond acceptors (Lipinski definition) is 7. The van der Waals surface area contributed by atoms with Crippen molar-refractivity contribution in [3.63, 3.8) is 0 Å². The maximum atomic E-state index is 12.6.